The summed E-state index contributed by atoms with van der Waals surface area (Å²) < 4.78 is 27.6. The second-order valence-electron chi connectivity index (χ2n) is 2.46. The molecule has 0 aliphatic rings. The number of rotatable bonds is 7. The lowest BCUT2D eigenvalue weighted by atomic mass is 10.4. The Labute approximate surface area is 85.8 Å². The van der Waals surface area contributed by atoms with Gasteiger partial charge in [-0.1, -0.05) is 12.2 Å². The van der Waals surface area contributed by atoms with Crippen LogP contribution in [0, 0.1) is 0 Å². The lowest BCUT2D eigenvalue weighted by molar-refractivity contribution is -0.120. The molecule has 3 N–H and O–H groups in total. The fourth-order valence-electron chi connectivity index (χ4n) is 0.656. The third-order valence-electron chi connectivity index (χ3n) is 1.15. The highest BCUT2D eigenvalue weighted by Gasteiger charge is 2.03. The SMILES string of the molecule is NC(=S)CC(=O)NCCOCC(F)F. The molecule has 4 nitrogen and oxygen atoms in total. The molecule has 0 rings (SSSR count). The summed E-state index contributed by atoms with van der Waals surface area (Å²) in [5, 5.41) is 2.41. The van der Waals surface area contributed by atoms with Gasteiger partial charge in [-0.3, -0.25) is 4.79 Å². The second-order valence-corrected chi connectivity index (χ2v) is 2.98. The number of carbonyl (C=O) groups is 1. The molecule has 1 amide bonds. The van der Waals surface area contributed by atoms with Crippen molar-refractivity contribution in [2.45, 2.75) is 12.8 Å². The highest BCUT2D eigenvalue weighted by atomic mass is 32.1. The number of carbonyl (C=O) groups excluding carboxylic acids is 1. The molecule has 0 atom stereocenters. The van der Waals surface area contributed by atoms with Crippen molar-refractivity contribution in [2.75, 3.05) is 19.8 Å². The maximum absolute atomic E-state index is 11.5. The van der Waals surface area contributed by atoms with Gasteiger partial charge >= 0.3 is 0 Å². The molecule has 0 aromatic heterocycles. The molecular formula is C7H12F2N2O2S. The zero-order chi connectivity index (χ0) is 11.0. The molecule has 0 radical (unpaired) electrons. The van der Waals surface area contributed by atoms with E-state index >= 15 is 0 Å². The monoisotopic (exact) mass is 226 g/mol. The van der Waals surface area contributed by atoms with Crippen molar-refractivity contribution in [3.05, 3.63) is 0 Å². The number of hydrogen-bond donors (Lipinski definition) is 2. The molecule has 0 bridgehead atoms. The largest absolute Gasteiger partial charge is 0.393 e. The second kappa shape index (κ2) is 7.57. The van der Waals surface area contributed by atoms with Gasteiger partial charge < -0.3 is 15.8 Å². The predicted octanol–water partition coefficient (Wildman–Crippen LogP) is 0.0605. The Morgan fingerprint density at radius 2 is 2.21 bits per heavy atom. The summed E-state index contributed by atoms with van der Waals surface area (Å²) in [6.07, 6.45) is -2.52. The van der Waals surface area contributed by atoms with E-state index in [0.717, 1.165) is 0 Å². The van der Waals surface area contributed by atoms with Crippen LogP contribution in [0.25, 0.3) is 0 Å². The lowest BCUT2D eigenvalue weighted by Gasteiger charge is -2.05. The number of halogens is 2. The van der Waals surface area contributed by atoms with Gasteiger partial charge in [-0.25, -0.2) is 8.78 Å². The van der Waals surface area contributed by atoms with Gasteiger partial charge in [0.2, 0.25) is 5.91 Å². The van der Waals surface area contributed by atoms with Gasteiger partial charge in [0, 0.05) is 6.54 Å². The number of amides is 1. The molecule has 0 aliphatic heterocycles. The van der Waals surface area contributed by atoms with E-state index < -0.39 is 13.0 Å². The molecular weight excluding hydrogens is 214 g/mol. The van der Waals surface area contributed by atoms with E-state index in [4.69, 9.17) is 5.73 Å². The van der Waals surface area contributed by atoms with E-state index in [9.17, 15) is 13.6 Å². The third kappa shape index (κ3) is 9.27. The Morgan fingerprint density at radius 1 is 1.57 bits per heavy atom. The molecule has 0 unspecified atom stereocenters. The molecule has 0 saturated heterocycles. The molecule has 0 heterocycles. The summed E-state index contributed by atoms with van der Waals surface area (Å²) in [5.41, 5.74) is 5.10. The quantitative estimate of drug-likeness (QED) is 0.476. The zero-order valence-electron chi connectivity index (χ0n) is 7.46. The van der Waals surface area contributed by atoms with Gasteiger partial charge in [-0.15, -0.1) is 0 Å². The highest BCUT2D eigenvalue weighted by molar-refractivity contribution is 7.80. The van der Waals surface area contributed by atoms with Crippen LogP contribution >= 0.6 is 12.2 Å². The van der Waals surface area contributed by atoms with Gasteiger partial charge in [0.1, 0.15) is 6.61 Å². The van der Waals surface area contributed by atoms with Crippen LogP contribution in [0.2, 0.25) is 0 Å². The van der Waals surface area contributed by atoms with Crippen molar-refractivity contribution in [3.63, 3.8) is 0 Å². The van der Waals surface area contributed by atoms with E-state index in [1.165, 1.54) is 0 Å². The molecule has 0 aliphatic carbocycles. The Morgan fingerprint density at radius 3 is 2.71 bits per heavy atom. The molecule has 14 heavy (non-hydrogen) atoms. The minimum absolute atomic E-state index is 0.0375. The van der Waals surface area contributed by atoms with Crippen molar-refractivity contribution in [1.29, 1.82) is 0 Å². The summed E-state index contributed by atoms with van der Waals surface area (Å²) in [6.45, 7) is -0.396. The molecule has 82 valence electrons. The van der Waals surface area contributed by atoms with Crippen LogP contribution in [0.5, 0.6) is 0 Å². The van der Waals surface area contributed by atoms with Crippen LogP contribution in [0.3, 0.4) is 0 Å². The predicted molar refractivity (Wildman–Crippen MR) is 51.2 cm³/mol. The minimum Gasteiger partial charge on any atom is -0.393 e. The standard InChI is InChI=1S/C7H12F2N2O2S/c8-5(9)4-13-2-1-11-7(12)3-6(10)14/h5H,1-4H2,(H2,10,14)(H,11,12). The maximum Gasteiger partial charge on any atom is 0.261 e. The van der Waals surface area contributed by atoms with E-state index in [2.05, 4.69) is 22.3 Å². The minimum atomic E-state index is -2.48. The number of alkyl halides is 2. The van der Waals surface area contributed by atoms with Gasteiger partial charge in [0.15, 0.2) is 0 Å². The van der Waals surface area contributed by atoms with Crippen LogP contribution in [-0.4, -0.2) is 37.1 Å². The van der Waals surface area contributed by atoms with Crippen molar-refractivity contribution in [3.8, 4) is 0 Å². The maximum atomic E-state index is 11.5. The average Bonchev–Trinajstić information content (AvgIpc) is 2.01. The third-order valence-corrected chi connectivity index (χ3v) is 1.29. The summed E-state index contributed by atoms with van der Waals surface area (Å²) in [6, 6.07) is 0. The molecule has 0 fully saturated rings. The smallest absolute Gasteiger partial charge is 0.261 e. The molecule has 7 heteroatoms. The van der Waals surface area contributed by atoms with Crippen LogP contribution in [0.1, 0.15) is 6.42 Å². The van der Waals surface area contributed by atoms with Gasteiger partial charge in [0.25, 0.3) is 6.43 Å². The number of nitrogens with two attached hydrogens (primary N) is 1. The van der Waals surface area contributed by atoms with Gasteiger partial charge in [0.05, 0.1) is 18.0 Å². The van der Waals surface area contributed by atoms with E-state index in [0.29, 0.717) is 0 Å². The number of ether oxygens (including phenoxy) is 1. The van der Waals surface area contributed by atoms with Crippen molar-refractivity contribution in [1.82, 2.24) is 5.32 Å². The van der Waals surface area contributed by atoms with Crippen LogP contribution in [0.15, 0.2) is 0 Å². The fraction of sp³-hybridized carbons (Fsp3) is 0.714. The van der Waals surface area contributed by atoms with Crippen molar-refractivity contribution in [2.24, 2.45) is 5.73 Å². The Hall–Kier alpha value is -0.820. The summed E-state index contributed by atoms with van der Waals surface area (Å²) in [4.78, 5) is 11.0. The molecule has 0 spiro atoms. The fourth-order valence-corrected chi connectivity index (χ4v) is 0.787. The highest BCUT2D eigenvalue weighted by Crippen LogP contribution is 1.91. The summed E-state index contributed by atoms with van der Waals surface area (Å²) >= 11 is 4.49. The number of nitrogens with one attached hydrogen (secondary N) is 1. The lowest BCUT2D eigenvalue weighted by Crippen LogP contribution is -2.30. The van der Waals surface area contributed by atoms with Gasteiger partial charge in [-0.05, 0) is 0 Å². The van der Waals surface area contributed by atoms with Crippen LogP contribution < -0.4 is 11.1 Å². The number of hydrogen-bond acceptors (Lipinski definition) is 3. The Balaban J connectivity index is 3.27. The normalized spacial score (nSPS) is 10.2. The summed E-state index contributed by atoms with van der Waals surface area (Å²) in [5.74, 6) is -0.335. The molecule has 0 aromatic carbocycles. The van der Waals surface area contributed by atoms with E-state index in [-0.39, 0.29) is 30.5 Å². The average molecular weight is 226 g/mol. The Kier molecular flexibility index (Phi) is 7.13. The van der Waals surface area contributed by atoms with Crippen molar-refractivity contribution < 1.29 is 18.3 Å². The van der Waals surface area contributed by atoms with E-state index in [1.54, 1.807) is 0 Å². The zero-order valence-corrected chi connectivity index (χ0v) is 8.28. The molecule has 0 aromatic rings. The first-order valence-corrected chi connectivity index (χ1v) is 4.34. The van der Waals surface area contributed by atoms with Crippen molar-refractivity contribution >= 4 is 23.1 Å². The first-order chi connectivity index (χ1) is 6.52. The van der Waals surface area contributed by atoms with E-state index in [1.807, 2.05) is 0 Å². The van der Waals surface area contributed by atoms with Gasteiger partial charge in [-0.2, -0.15) is 0 Å². The topological polar surface area (TPSA) is 64.4 Å². The summed E-state index contributed by atoms with van der Waals surface area (Å²) in [7, 11) is 0. The first-order valence-electron chi connectivity index (χ1n) is 3.93. The number of thiocarbonyl (C=S) groups is 1. The molecule has 0 saturated carbocycles. The first kappa shape index (κ1) is 13.2. The van der Waals surface area contributed by atoms with Crippen LogP contribution in [-0.2, 0) is 9.53 Å². The van der Waals surface area contributed by atoms with Crippen LogP contribution in [0.4, 0.5) is 8.78 Å². The Bertz CT molecular complexity index is 202.